The number of anilines is 1. The van der Waals surface area contributed by atoms with E-state index in [2.05, 4.69) is 10.3 Å². The van der Waals surface area contributed by atoms with Crippen LogP contribution < -0.4 is 5.32 Å². The van der Waals surface area contributed by atoms with E-state index in [4.69, 9.17) is 4.74 Å². The molecule has 1 aliphatic heterocycles. The molecule has 0 saturated carbocycles. The first-order chi connectivity index (χ1) is 13.5. The molecule has 0 spiro atoms. The predicted molar refractivity (Wildman–Crippen MR) is 103 cm³/mol. The summed E-state index contributed by atoms with van der Waals surface area (Å²) in [5.74, 6) is -0.729. The van der Waals surface area contributed by atoms with Crippen LogP contribution in [-0.2, 0) is 4.74 Å². The number of aryl methyl sites for hydroxylation is 1. The van der Waals surface area contributed by atoms with E-state index in [9.17, 15) is 14.4 Å². The molecule has 0 atom stereocenters. The van der Waals surface area contributed by atoms with Crippen LogP contribution in [0.1, 0.15) is 39.6 Å². The van der Waals surface area contributed by atoms with Crippen molar-refractivity contribution in [2.24, 2.45) is 0 Å². The number of hydrogen-bond donors (Lipinski definition) is 1. The van der Waals surface area contributed by atoms with Crippen LogP contribution in [0, 0.1) is 6.92 Å². The van der Waals surface area contributed by atoms with Gasteiger partial charge in [-0.3, -0.25) is 9.78 Å². The Balaban J connectivity index is 1.72. The highest BCUT2D eigenvalue weighted by atomic mass is 16.5. The molecule has 146 valence electrons. The molecule has 0 aliphatic carbocycles. The molecule has 8 heteroatoms. The molecule has 0 unspecified atom stereocenters. The van der Waals surface area contributed by atoms with Gasteiger partial charge in [0.2, 0.25) is 0 Å². The van der Waals surface area contributed by atoms with Crippen LogP contribution in [0.4, 0.5) is 10.5 Å². The summed E-state index contributed by atoms with van der Waals surface area (Å²) in [6, 6.07) is 7.80. The second kappa shape index (κ2) is 8.51. The Labute approximate surface area is 163 Å². The Kier molecular flexibility index (Phi) is 5.88. The number of ether oxygens (including phenoxy) is 1. The van der Waals surface area contributed by atoms with Crippen molar-refractivity contribution in [3.63, 3.8) is 0 Å². The summed E-state index contributed by atoms with van der Waals surface area (Å²) in [5.41, 5.74) is 2.10. The number of nitrogens with one attached hydrogen (secondary N) is 1. The summed E-state index contributed by atoms with van der Waals surface area (Å²) in [7, 11) is 0. The van der Waals surface area contributed by atoms with Crippen LogP contribution in [0.25, 0.3) is 0 Å². The van der Waals surface area contributed by atoms with E-state index in [1.165, 1.54) is 16.2 Å². The number of hydrogen-bond acceptors (Lipinski definition) is 5. The average molecular weight is 382 g/mol. The van der Waals surface area contributed by atoms with E-state index < -0.39 is 12.0 Å². The second-order valence-electron chi connectivity index (χ2n) is 6.39. The minimum absolute atomic E-state index is 0.272. The first-order valence-electron chi connectivity index (χ1n) is 9.08. The topological polar surface area (TPSA) is 91.8 Å². The average Bonchev–Trinajstić information content (AvgIpc) is 3.18. The molecule has 1 aliphatic rings. The van der Waals surface area contributed by atoms with Crippen LogP contribution in [-0.4, -0.2) is 52.6 Å². The number of amides is 3. The third kappa shape index (κ3) is 4.28. The van der Waals surface area contributed by atoms with Gasteiger partial charge in [0.25, 0.3) is 5.91 Å². The minimum Gasteiger partial charge on any atom is -0.462 e. The van der Waals surface area contributed by atoms with Gasteiger partial charge in [0.05, 0.1) is 17.7 Å². The Morgan fingerprint density at radius 2 is 1.89 bits per heavy atom. The summed E-state index contributed by atoms with van der Waals surface area (Å²) in [6.07, 6.45) is 3.84. The minimum atomic E-state index is -0.455. The fourth-order valence-electron chi connectivity index (χ4n) is 2.98. The van der Waals surface area contributed by atoms with Gasteiger partial charge in [-0.25, -0.2) is 19.6 Å². The number of esters is 1. The first-order valence-corrected chi connectivity index (χ1v) is 9.08. The second-order valence-corrected chi connectivity index (χ2v) is 6.39. The Morgan fingerprint density at radius 1 is 1.11 bits per heavy atom. The number of benzene rings is 1. The lowest BCUT2D eigenvalue weighted by atomic mass is 10.2. The van der Waals surface area contributed by atoms with Gasteiger partial charge in [-0.2, -0.15) is 0 Å². The van der Waals surface area contributed by atoms with E-state index in [1.54, 1.807) is 43.5 Å². The summed E-state index contributed by atoms with van der Waals surface area (Å²) in [5, 5.41) is 5.53. The molecule has 2 aromatic rings. The highest BCUT2D eigenvalue weighted by Crippen LogP contribution is 2.18. The van der Waals surface area contributed by atoms with Crippen molar-refractivity contribution in [2.45, 2.75) is 20.3 Å². The Morgan fingerprint density at radius 3 is 2.64 bits per heavy atom. The van der Waals surface area contributed by atoms with Gasteiger partial charge in [0.15, 0.2) is 0 Å². The summed E-state index contributed by atoms with van der Waals surface area (Å²) in [4.78, 5) is 41.4. The lowest BCUT2D eigenvalue weighted by Crippen LogP contribution is -2.46. The maximum absolute atomic E-state index is 12.8. The van der Waals surface area contributed by atoms with Crippen molar-refractivity contribution >= 4 is 23.6 Å². The van der Waals surface area contributed by atoms with Crippen LogP contribution >= 0.6 is 0 Å². The number of carbonyl (C=O) groups is 3. The maximum Gasteiger partial charge on any atom is 0.340 e. The number of carbonyl (C=O) groups excluding carboxylic acids is 3. The summed E-state index contributed by atoms with van der Waals surface area (Å²) < 4.78 is 4.97. The van der Waals surface area contributed by atoms with E-state index >= 15 is 0 Å². The molecule has 28 heavy (non-hydrogen) atoms. The van der Waals surface area contributed by atoms with Crippen LogP contribution in [0.3, 0.4) is 0 Å². The molecule has 1 aromatic carbocycles. The Hall–Kier alpha value is -3.42. The standard InChI is InChI=1S/C20H22N4O4/c1-3-28-19(26)15-6-4-7-17(11-15)22-20(27)24-9-5-8-23(24)18(25)16-10-14(2)12-21-13-16/h4,6-7,10-13H,3,5,8-9H2,1-2H3,(H,22,27). The van der Waals surface area contributed by atoms with Crippen molar-refractivity contribution in [3.05, 3.63) is 59.4 Å². The number of rotatable bonds is 4. The quantitative estimate of drug-likeness (QED) is 0.821. The summed E-state index contributed by atoms with van der Waals surface area (Å²) in [6.45, 7) is 4.73. The monoisotopic (exact) mass is 382 g/mol. The number of urea groups is 1. The van der Waals surface area contributed by atoms with E-state index in [0.29, 0.717) is 36.3 Å². The number of pyridine rings is 1. The van der Waals surface area contributed by atoms with Crippen molar-refractivity contribution < 1.29 is 19.1 Å². The van der Waals surface area contributed by atoms with Gasteiger partial charge >= 0.3 is 12.0 Å². The molecular weight excluding hydrogens is 360 g/mol. The fraction of sp³-hybridized carbons (Fsp3) is 0.300. The lowest BCUT2D eigenvalue weighted by molar-refractivity contribution is 0.0404. The number of nitrogens with zero attached hydrogens (tertiary/aromatic N) is 3. The maximum atomic E-state index is 12.8. The third-order valence-corrected chi connectivity index (χ3v) is 4.25. The van der Waals surface area contributed by atoms with Gasteiger partial charge in [-0.1, -0.05) is 6.07 Å². The van der Waals surface area contributed by atoms with Gasteiger partial charge in [-0.05, 0) is 50.1 Å². The highest BCUT2D eigenvalue weighted by molar-refractivity contribution is 5.98. The highest BCUT2D eigenvalue weighted by Gasteiger charge is 2.31. The van der Waals surface area contributed by atoms with Crippen molar-refractivity contribution in [2.75, 3.05) is 25.0 Å². The predicted octanol–water partition coefficient (Wildman–Crippen LogP) is 2.86. The van der Waals surface area contributed by atoms with Crippen LogP contribution in [0.15, 0.2) is 42.7 Å². The SMILES string of the molecule is CCOC(=O)c1cccc(NC(=O)N2CCCN2C(=O)c2cncc(C)c2)c1. The van der Waals surface area contributed by atoms with E-state index in [0.717, 1.165) is 5.56 Å². The van der Waals surface area contributed by atoms with E-state index in [-0.39, 0.29) is 12.5 Å². The third-order valence-electron chi connectivity index (χ3n) is 4.25. The molecule has 2 heterocycles. The molecule has 3 rings (SSSR count). The first kappa shape index (κ1) is 19.3. The van der Waals surface area contributed by atoms with Crippen molar-refractivity contribution in [1.29, 1.82) is 0 Å². The van der Waals surface area contributed by atoms with Crippen LogP contribution in [0.5, 0.6) is 0 Å². The van der Waals surface area contributed by atoms with Gasteiger partial charge in [0.1, 0.15) is 0 Å². The molecular formula is C20H22N4O4. The van der Waals surface area contributed by atoms with Gasteiger partial charge in [0, 0.05) is 31.2 Å². The zero-order valence-corrected chi connectivity index (χ0v) is 15.8. The largest absolute Gasteiger partial charge is 0.462 e. The Bertz CT molecular complexity index is 899. The van der Waals surface area contributed by atoms with Crippen LogP contribution in [0.2, 0.25) is 0 Å². The molecule has 3 amide bonds. The molecule has 0 radical (unpaired) electrons. The fourth-order valence-corrected chi connectivity index (χ4v) is 2.98. The molecule has 1 N–H and O–H groups in total. The van der Waals surface area contributed by atoms with Crippen molar-refractivity contribution in [1.82, 2.24) is 15.0 Å². The number of hydrazine groups is 1. The lowest BCUT2D eigenvalue weighted by Gasteiger charge is -2.28. The zero-order chi connectivity index (χ0) is 20.1. The number of aromatic nitrogens is 1. The molecule has 0 bridgehead atoms. The summed E-state index contributed by atoms with van der Waals surface area (Å²) >= 11 is 0. The van der Waals surface area contributed by atoms with Crippen molar-refractivity contribution in [3.8, 4) is 0 Å². The zero-order valence-electron chi connectivity index (χ0n) is 15.8. The van der Waals surface area contributed by atoms with E-state index in [1.807, 2.05) is 6.92 Å². The molecule has 1 saturated heterocycles. The smallest absolute Gasteiger partial charge is 0.340 e. The normalized spacial score (nSPS) is 13.4. The van der Waals surface area contributed by atoms with Gasteiger partial charge in [-0.15, -0.1) is 0 Å². The molecule has 8 nitrogen and oxygen atoms in total. The van der Waals surface area contributed by atoms with Gasteiger partial charge < -0.3 is 10.1 Å². The molecule has 1 fully saturated rings. The molecule has 1 aromatic heterocycles.